The lowest BCUT2D eigenvalue weighted by Crippen LogP contribution is -2.15. The minimum Gasteiger partial charge on any atom is -0.306 e. The summed E-state index contributed by atoms with van der Waals surface area (Å²) in [5.74, 6) is -1.79. The molecule has 0 bridgehead atoms. The third kappa shape index (κ3) is 4.75. The molecule has 0 unspecified atom stereocenters. The lowest BCUT2D eigenvalue weighted by Gasteiger charge is -2.13. The van der Waals surface area contributed by atoms with Crippen molar-refractivity contribution in [3.8, 4) is 5.82 Å². The van der Waals surface area contributed by atoms with Gasteiger partial charge < -0.3 is 5.32 Å². The van der Waals surface area contributed by atoms with Gasteiger partial charge in [-0.05, 0) is 36.4 Å². The fourth-order valence-corrected chi connectivity index (χ4v) is 2.97. The average molecular weight is 402 g/mol. The first-order valence-corrected chi connectivity index (χ1v) is 9.50. The van der Waals surface area contributed by atoms with Crippen LogP contribution in [0.4, 0.5) is 14.6 Å². The number of anilines is 1. The van der Waals surface area contributed by atoms with Crippen molar-refractivity contribution < 1.29 is 13.6 Å². The number of thioether (sulfide) groups is 1. The number of aromatic nitrogens is 3. The Labute approximate surface area is 166 Å². The van der Waals surface area contributed by atoms with Gasteiger partial charge in [0.1, 0.15) is 5.82 Å². The number of nitrogens with zero attached hydrogens (tertiary/aromatic N) is 3. The third-order valence-electron chi connectivity index (χ3n) is 3.93. The lowest BCUT2D eigenvalue weighted by molar-refractivity contribution is 0.102. The molecule has 2 aromatic heterocycles. The SMILES string of the molecule is CC(C)(C)c1cc(NC(=O)c2ccc(SC(F)F)cc2)n(-c2ccccn2)n1. The second-order valence-electron chi connectivity index (χ2n) is 7.12. The van der Waals surface area contributed by atoms with Crippen LogP contribution >= 0.6 is 11.8 Å². The van der Waals surface area contributed by atoms with Gasteiger partial charge in [-0.3, -0.25) is 4.79 Å². The van der Waals surface area contributed by atoms with Crippen LogP contribution in [0.1, 0.15) is 36.8 Å². The summed E-state index contributed by atoms with van der Waals surface area (Å²) < 4.78 is 26.5. The number of benzene rings is 1. The summed E-state index contributed by atoms with van der Waals surface area (Å²) in [7, 11) is 0. The molecule has 0 spiro atoms. The standard InChI is InChI=1S/C20H20F2N4OS/c1-20(2,3)15-12-17(26(25-15)16-6-4-5-11-23-16)24-18(27)13-7-9-14(10-8-13)28-19(21)22/h4-12,19H,1-3H3,(H,24,27). The molecule has 0 aliphatic carbocycles. The van der Waals surface area contributed by atoms with E-state index in [1.54, 1.807) is 23.0 Å². The van der Waals surface area contributed by atoms with Gasteiger partial charge in [0.2, 0.25) is 0 Å². The molecule has 0 saturated carbocycles. The summed E-state index contributed by atoms with van der Waals surface area (Å²) in [6.07, 6.45) is 1.65. The van der Waals surface area contributed by atoms with Crippen LogP contribution < -0.4 is 5.32 Å². The highest BCUT2D eigenvalue weighted by Gasteiger charge is 2.22. The second kappa shape index (κ2) is 8.10. The Hall–Kier alpha value is -2.74. The normalized spacial score (nSPS) is 11.6. The van der Waals surface area contributed by atoms with Gasteiger partial charge >= 0.3 is 0 Å². The number of hydrogen-bond donors (Lipinski definition) is 1. The molecule has 1 amide bonds. The van der Waals surface area contributed by atoms with Crippen molar-refractivity contribution in [2.45, 2.75) is 36.8 Å². The monoisotopic (exact) mass is 402 g/mol. The van der Waals surface area contributed by atoms with Crippen molar-refractivity contribution in [1.29, 1.82) is 0 Å². The van der Waals surface area contributed by atoms with Crippen molar-refractivity contribution >= 4 is 23.5 Å². The Morgan fingerprint density at radius 2 is 1.86 bits per heavy atom. The molecule has 3 aromatic rings. The van der Waals surface area contributed by atoms with Crippen molar-refractivity contribution in [3.63, 3.8) is 0 Å². The minimum atomic E-state index is -2.50. The van der Waals surface area contributed by atoms with E-state index in [2.05, 4.69) is 15.4 Å². The van der Waals surface area contributed by atoms with Crippen LogP contribution in [0.2, 0.25) is 0 Å². The maximum atomic E-state index is 12.7. The van der Waals surface area contributed by atoms with Crippen molar-refractivity contribution in [2.75, 3.05) is 5.32 Å². The predicted octanol–water partition coefficient (Wildman–Crippen LogP) is 5.13. The molecule has 0 fully saturated rings. The van der Waals surface area contributed by atoms with Crippen molar-refractivity contribution in [1.82, 2.24) is 14.8 Å². The summed E-state index contributed by atoms with van der Waals surface area (Å²) >= 11 is 0.441. The second-order valence-corrected chi connectivity index (χ2v) is 8.19. The number of amides is 1. The number of hydrogen-bond acceptors (Lipinski definition) is 4. The van der Waals surface area contributed by atoms with Gasteiger partial charge in [0.25, 0.3) is 11.7 Å². The first-order valence-electron chi connectivity index (χ1n) is 8.62. The number of pyridine rings is 1. The Kier molecular flexibility index (Phi) is 5.79. The molecule has 0 aliphatic heterocycles. The van der Waals surface area contributed by atoms with Crippen molar-refractivity contribution in [3.05, 3.63) is 66.0 Å². The zero-order valence-electron chi connectivity index (χ0n) is 15.7. The van der Waals surface area contributed by atoms with Gasteiger partial charge in [-0.15, -0.1) is 0 Å². The van der Waals surface area contributed by atoms with E-state index in [0.29, 0.717) is 33.9 Å². The minimum absolute atomic E-state index is 0.215. The molecular formula is C20H20F2N4OS. The van der Waals surface area contributed by atoms with E-state index in [9.17, 15) is 13.6 Å². The maximum absolute atomic E-state index is 12.7. The molecule has 3 rings (SSSR count). The fraction of sp³-hybridized carbons (Fsp3) is 0.250. The van der Waals surface area contributed by atoms with E-state index in [1.165, 1.54) is 24.3 Å². The molecule has 0 atom stereocenters. The first-order chi connectivity index (χ1) is 13.2. The number of alkyl halides is 2. The highest BCUT2D eigenvalue weighted by atomic mass is 32.2. The largest absolute Gasteiger partial charge is 0.306 e. The van der Waals surface area contributed by atoms with E-state index < -0.39 is 5.76 Å². The van der Waals surface area contributed by atoms with Crippen LogP contribution in [0.3, 0.4) is 0 Å². The Balaban J connectivity index is 1.88. The fourth-order valence-electron chi connectivity index (χ4n) is 2.47. The topological polar surface area (TPSA) is 59.8 Å². The Morgan fingerprint density at radius 3 is 2.43 bits per heavy atom. The lowest BCUT2D eigenvalue weighted by atomic mass is 9.92. The highest BCUT2D eigenvalue weighted by Crippen LogP contribution is 2.27. The van der Waals surface area contributed by atoms with Gasteiger partial charge in [-0.25, -0.2) is 4.98 Å². The van der Waals surface area contributed by atoms with Gasteiger partial charge in [0.15, 0.2) is 5.82 Å². The molecule has 2 heterocycles. The van der Waals surface area contributed by atoms with Gasteiger partial charge in [-0.2, -0.15) is 18.6 Å². The van der Waals surface area contributed by atoms with Gasteiger partial charge in [-0.1, -0.05) is 38.6 Å². The molecule has 28 heavy (non-hydrogen) atoms. The summed E-state index contributed by atoms with van der Waals surface area (Å²) in [5, 5.41) is 7.44. The summed E-state index contributed by atoms with van der Waals surface area (Å²) in [4.78, 5) is 17.4. The molecule has 146 valence electrons. The molecule has 1 aromatic carbocycles. The van der Waals surface area contributed by atoms with Crippen LogP contribution in [0.5, 0.6) is 0 Å². The average Bonchev–Trinajstić information content (AvgIpc) is 3.07. The quantitative estimate of drug-likeness (QED) is 0.601. The number of halogens is 2. The smallest absolute Gasteiger partial charge is 0.288 e. The van der Waals surface area contributed by atoms with E-state index in [4.69, 9.17) is 0 Å². The van der Waals surface area contributed by atoms with Crippen LogP contribution in [0, 0.1) is 0 Å². The molecule has 1 N–H and O–H groups in total. The molecule has 0 radical (unpaired) electrons. The van der Waals surface area contributed by atoms with Crippen LogP contribution in [-0.4, -0.2) is 26.4 Å². The zero-order chi connectivity index (χ0) is 20.3. The Morgan fingerprint density at radius 1 is 1.14 bits per heavy atom. The molecule has 0 aliphatic rings. The number of carbonyl (C=O) groups is 1. The summed E-state index contributed by atoms with van der Waals surface area (Å²) in [5.41, 5.74) is 0.954. The van der Waals surface area contributed by atoms with E-state index in [1.807, 2.05) is 32.9 Å². The summed E-state index contributed by atoms with van der Waals surface area (Å²) in [6, 6.07) is 13.3. The Bertz CT molecular complexity index is 951. The van der Waals surface area contributed by atoms with E-state index in [0.717, 1.165) is 5.69 Å². The zero-order valence-corrected chi connectivity index (χ0v) is 16.5. The highest BCUT2D eigenvalue weighted by molar-refractivity contribution is 7.99. The van der Waals surface area contributed by atoms with Gasteiger partial charge in [0, 0.05) is 28.1 Å². The predicted molar refractivity (Wildman–Crippen MR) is 106 cm³/mol. The van der Waals surface area contributed by atoms with Gasteiger partial charge in [0.05, 0.1) is 5.69 Å². The van der Waals surface area contributed by atoms with Crippen LogP contribution in [0.25, 0.3) is 5.82 Å². The first kappa shape index (κ1) is 20.0. The molecule has 5 nitrogen and oxygen atoms in total. The molecule has 0 saturated heterocycles. The number of carbonyl (C=O) groups excluding carboxylic acids is 1. The van der Waals surface area contributed by atoms with E-state index in [-0.39, 0.29) is 11.3 Å². The van der Waals surface area contributed by atoms with E-state index >= 15 is 0 Å². The van der Waals surface area contributed by atoms with Crippen molar-refractivity contribution in [2.24, 2.45) is 0 Å². The summed E-state index contributed by atoms with van der Waals surface area (Å²) in [6.45, 7) is 6.09. The number of nitrogens with one attached hydrogen (secondary N) is 1. The van der Waals surface area contributed by atoms with Crippen LogP contribution in [0.15, 0.2) is 59.6 Å². The molecule has 8 heteroatoms. The number of rotatable bonds is 5. The van der Waals surface area contributed by atoms with Crippen LogP contribution in [-0.2, 0) is 5.41 Å². The maximum Gasteiger partial charge on any atom is 0.288 e. The molecular weight excluding hydrogens is 382 g/mol. The third-order valence-corrected chi connectivity index (χ3v) is 4.65.